The van der Waals surface area contributed by atoms with Crippen molar-refractivity contribution in [2.24, 2.45) is 0 Å². The lowest BCUT2D eigenvalue weighted by atomic mass is 10.00. The highest BCUT2D eigenvalue weighted by atomic mass is 79.9. The molecule has 94 valence electrons. The molecular formula is C13H17BrO3. The lowest BCUT2D eigenvalue weighted by Crippen LogP contribution is -2.00. The number of aryl methyl sites for hydroxylation is 1. The minimum absolute atomic E-state index is 0.523. The number of benzene rings is 1. The SMILES string of the molecule is CCc1c(CCC=O)cc(OC)c(OC)c1Br. The number of rotatable bonds is 6. The molecule has 0 bridgehead atoms. The van der Waals surface area contributed by atoms with Gasteiger partial charge in [0.1, 0.15) is 6.29 Å². The van der Waals surface area contributed by atoms with E-state index in [4.69, 9.17) is 9.47 Å². The fourth-order valence-electron chi connectivity index (χ4n) is 1.86. The van der Waals surface area contributed by atoms with Crippen LogP contribution < -0.4 is 9.47 Å². The van der Waals surface area contributed by atoms with E-state index in [9.17, 15) is 4.79 Å². The Bertz CT molecular complexity index is 402. The summed E-state index contributed by atoms with van der Waals surface area (Å²) in [5, 5.41) is 0. The molecule has 0 radical (unpaired) electrons. The van der Waals surface area contributed by atoms with Crippen LogP contribution in [0, 0.1) is 0 Å². The Balaban J connectivity index is 3.28. The van der Waals surface area contributed by atoms with E-state index in [1.807, 2.05) is 6.07 Å². The summed E-state index contributed by atoms with van der Waals surface area (Å²) in [6, 6.07) is 1.95. The molecule has 1 aromatic rings. The molecule has 1 rings (SSSR count). The van der Waals surface area contributed by atoms with Crippen molar-refractivity contribution in [3.63, 3.8) is 0 Å². The van der Waals surface area contributed by atoms with Gasteiger partial charge in [-0.3, -0.25) is 0 Å². The van der Waals surface area contributed by atoms with E-state index in [1.54, 1.807) is 14.2 Å². The van der Waals surface area contributed by atoms with Gasteiger partial charge in [0, 0.05) is 6.42 Å². The van der Waals surface area contributed by atoms with Crippen LogP contribution in [0.25, 0.3) is 0 Å². The van der Waals surface area contributed by atoms with E-state index < -0.39 is 0 Å². The third-order valence-corrected chi connectivity index (χ3v) is 3.53. The highest BCUT2D eigenvalue weighted by Crippen LogP contribution is 2.40. The Morgan fingerprint density at radius 2 is 2.06 bits per heavy atom. The predicted octanol–water partition coefficient (Wildman–Crippen LogP) is 3.16. The largest absolute Gasteiger partial charge is 0.493 e. The van der Waals surface area contributed by atoms with E-state index >= 15 is 0 Å². The molecule has 0 saturated carbocycles. The van der Waals surface area contributed by atoms with Crippen LogP contribution in [0.1, 0.15) is 24.5 Å². The van der Waals surface area contributed by atoms with Gasteiger partial charge < -0.3 is 14.3 Å². The van der Waals surface area contributed by atoms with E-state index in [1.165, 1.54) is 5.56 Å². The first-order valence-electron chi connectivity index (χ1n) is 5.55. The summed E-state index contributed by atoms with van der Waals surface area (Å²) >= 11 is 3.54. The maximum Gasteiger partial charge on any atom is 0.175 e. The van der Waals surface area contributed by atoms with E-state index in [2.05, 4.69) is 22.9 Å². The number of halogens is 1. The number of carbonyl (C=O) groups excluding carboxylic acids is 1. The van der Waals surface area contributed by atoms with Crippen LogP contribution in [0.2, 0.25) is 0 Å². The Morgan fingerprint density at radius 3 is 2.53 bits per heavy atom. The quantitative estimate of drug-likeness (QED) is 0.757. The second-order valence-electron chi connectivity index (χ2n) is 3.62. The van der Waals surface area contributed by atoms with Crippen molar-refractivity contribution in [3.05, 3.63) is 21.7 Å². The molecule has 0 aliphatic heterocycles. The molecule has 0 fully saturated rings. The maximum atomic E-state index is 10.5. The van der Waals surface area contributed by atoms with Gasteiger partial charge >= 0.3 is 0 Å². The Kier molecular flexibility index (Phi) is 5.48. The van der Waals surface area contributed by atoms with E-state index in [-0.39, 0.29) is 0 Å². The van der Waals surface area contributed by atoms with E-state index in [0.29, 0.717) is 17.9 Å². The van der Waals surface area contributed by atoms with Crippen molar-refractivity contribution in [1.29, 1.82) is 0 Å². The Labute approximate surface area is 110 Å². The van der Waals surface area contributed by atoms with Crippen molar-refractivity contribution in [2.45, 2.75) is 26.2 Å². The molecule has 0 unspecified atom stereocenters. The minimum Gasteiger partial charge on any atom is -0.493 e. The first kappa shape index (κ1) is 14.0. The van der Waals surface area contributed by atoms with Gasteiger partial charge in [0.05, 0.1) is 18.7 Å². The fraction of sp³-hybridized carbons (Fsp3) is 0.462. The normalized spacial score (nSPS) is 10.1. The second-order valence-corrected chi connectivity index (χ2v) is 4.42. The van der Waals surface area contributed by atoms with Crippen LogP contribution in [0.3, 0.4) is 0 Å². The summed E-state index contributed by atoms with van der Waals surface area (Å²) in [6.45, 7) is 2.08. The van der Waals surface area contributed by atoms with Crippen LogP contribution in [0.4, 0.5) is 0 Å². The molecule has 0 atom stereocenters. The third kappa shape index (κ3) is 3.00. The monoisotopic (exact) mass is 300 g/mol. The number of ether oxygens (including phenoxy) is 2. The molecule has 0 aliphatic rings. The zero-order valence-corrected chi connectivity index (χ0v) is 12.0. The van der Waals surface area contributed by atoms with Gasteiger partial charge in [0.15, 0.2) is 11.5 Å². The summed E-state index contributed by atoms with van der Waals surface area (Å²) in [4.78, 5) is 10.5. The highest BCUT2D eigenvalue weighted by Gasteiger charge is 2.16. The summed E-state index contributed by atoms with van der Waals surface area (Å²) in [7, 11) is 3.23. The Morgan fingerprint density at radius 1 is 1.35 bits per heavy atom. The highest BCUT2D eigenvalue weighted by molar-refractivity contribution is 9.10. The second kappa shape index (κ2) is 6.64. The summed E-state index contributed by atoms with van der Waals surface area (Å²) in [5.41, 5.74) is 2.30. The molecule has 17 heavy (non-hydrogen) atoms. The molecule has 0 N–H and O–H groups in total. The number of carbonyl (C=O) groups is 1. The van der Waals surface area contributed by atoms with Crippen LogP contribution in [-0.2, 0) is 17.6 Å². The lowest BCUT2D eigenvalue weighted by molar-refractivity contribution is -0.107. The molecular weight excluding hydrogens is 284 g/mol. The zero-order valence-electron chi connectivity index (χ0n) is 10.4. The third-order valence-electron chi connectivity index (χ3n) is 2.69. The molecule has 0 amide bonds. The van der Waals surface area contributed by atoms with Crippen LogP contribution in [-0.4, -0.2) is 20.5 Å². The predicted molar refractivity (Wildman–Crippen MR) is 71.0 cm³/mol. The molecule has 0 aliphatic carbocycles. The van der Waals surface area contributed by atoms with Crippen LogP contribution in [0.15, 0.2) is 10.5 Å². The van der Waals surface area contributed by atoms with Crippen molar-refractivity contribution in [1.82, 2.24) is 0 Å². The van der Waals surface area contributed by atoms with Gasteiger partial charge in [-0.2, -0.15) is 0 Å². The molecule has 0 saturated heterocycles. The first-order valence-corrected chi connectivity index (χ1v) is 6.34. The molecule has 0 aromatic heterocycles. The van der Waals surface area contributed by atoms with Gasteiger partial charge in [-0.15, -0.1) is 0 Å². The standard InChI is InChI=1S/C13H17BrO3/c1-4-10-9(6-5-7-15)8-11(16-2)13(17-3)12(10)14/h7-8H,4-6H2,1-3H3. The van der Waals surface area contributed by atoms with Crippen molar-refractivity contribution >= 4 is 22.2 Å². The average Bonchev–Trinajstić information content (AvgIpc) is 2.35. The summed E-state index contributed by atoms with van der Waals surface area (Å²) in [6.07, 6.45) is 3.07. The van der Waals surface area contributed by atoms with Crippen LogP contribution in [0.5, 0.6) is 11.5 Å². The van der Waals surface area contributed by atoms with Gasteiger partial charge in [-0.25, -0.2) is 0 Å². The van der Waals surface area contributed by atoms with E-state index in [0.717, 1.165) is 29.2 Å². The smallest absolute Gasteiger partial charge is 0.175 e. The topological polar surface area (TPSA) is 35.5 Å². The number of hydrogen-bond acceptors (Lipinski definition) is 3. The van der Waals surface area contributed by atoms with Crippen LogP contribution >= 0.6 is 15.9 Å². The maximum absolute atomic E-state index is 10.5. The molecule has 3 nitrogen and oxygen atoms in total. The van der Waals surface area contributed by atoms with Gasteiger partial charge in [-0.05, 0) is 46.0 Å². The number of aldehydes is 1. The fourth-order valence-corrected chi connectivity index (χ4v) is 2.75. The lowest BCUT2D eigenvalue weighted by Gasteiger charge is -2.16. The van der Waals surface area contributed by atoms with Crippen molar-refractivity contribution in [2.75, 3.05) is 14.2 Å². The van der Waals surface area contributed by atoms with Gasteiger partial charge in [0.25, 0.3) is 0 Å². The molecule has 0 heterocycles. The minimum atomic E-state index is 0.523. The number of hydrogen-bond donors (Lipinski definition) is 0. The van der Waals surface area contributed by atoms with Gasteiger partial charge in [0.2, 0.25) is 0 Å². The zero-order chi connectivity index (χ0) is 12.8. The average molecular weight is 301 g/mol. The summed E-state index contributed by atoms with van der Waals surface area (Å²) in [5.74, 6) is 1.40. The first-order chi connectivity index (χ1) is 8.19. The molecule has 1 aromatic carbocycles. The van der Waals surface area contributed by atoms with Gasteiger partial charge in [-0.1, -0.05) is 6.92 Å². The Hall–Kier alpha value is -1.03. The molecule has 4 heteroatoms. The molecule has 0 spiro atoms. The number of methoxy groups -OCH3 is 2. The summed E-state index contributed by atoms with van der Waals surface area (Å²) < 4.78 is 11.5. The van der Waals surface area contributed by atoms with Crippen molar-refractivity contribution < 1.29 is 14.3 Å². The van der Waals surface area contributed by atoms with Crippen molar-refractivity contribution in [3.8, 4) is 11.5 Å².